The molecule has 0 unspecified atom stereocenters. The quantitative estimate of drug-likeness (QED) is 0.592. The number of hydrogen-bond acceptors (Lipinski definition) is 4. The van der Waals surface area contributed by atoms with Crippen LogP contribution >= 0.6 is 0 Å². The molecule has 0 fully saturated rings. The molecule has 2 aromatic rings. The predicted molar refractivity (Wildman–Crippen MR) is 77.0 cm³/mol. The van der Waals surface area contributed by atoms with Gasteiger partial charge in [0.1, 0.15) is 24.7 Å². The summed E-state index contributed by atoms with van der Waals surface area (Å²) < 4.78 is 10.9. The topological polar surface area (TPSA) is 47.9 Å². The molecule has 2 aromatic carbocycles. The van der Waals surface area contributed by atoms with Gasteiger partial charge in [-0.2, -0.15) is 0 Å². The summed E-state index contributed by atoms with van der Waals surface area (Å²) in [6.45, 7) is 0.508. The van der Waals surface area contributed by atoms with Crippen LogP contribution in [-0.2, 0) is 6.61 Å². The van der Waals surface area contributed by atoms with Gasteiger partial charge in [0.25, 0.3) is 0 Å². The van der Waals surface area contributed by atoms with E-state index in [-0.39, 0.29) is 12.3 Å². The third kappa shape index (κ3) is 3.59. The third-order valence-electron chi connectivity index (χ3n) is 2.59. The van der Waals surface area contributed by atoms with E-state index in [9.17, 15) is 4.91 Å². The highest BCUT2D eigenvalue weighted by Crippen LogP contribution is 2.31. The van der Waals surface area contributed by atoms with E-state index in [0.29, 0.717) is 18.1 Å². The second-order valence-electron chi connectivity index (χ2n) is 3.99. The fourth-order valence-corrected chi connectivity index (χ4v) is 1.64. The highest BCUT2D eigenvalue weighted by Gasteiger charge is 2.06. The van der Waals surface area contributed by atoms with Crippen molar-refractivity contribution in [2.24, 2.45) is 5.18 Å². The van der Waals surface area contributed by atoms with E-state index in [2.05, 4.69) is 11.1 Å². The summed E-state index contributed by atoms with van der Waals surface area (Å²) in [5.41, 5.74) is 1.25. The van der Waals surface area contributed by atoms with Crippen molar-refractivity contribution in [2.45, 2.75) is 6.61 Å². The van der Waals surface area contributed by atoms with Gasteiger partial charge in [-0.05, 0) is 22.9 Å². The molecule has 0 spiro atoms. The summed E-state index contributed by atoms with van der Waals surface area (Å²) in [5.74, 6) is 3.25. The normalized spacial score (nSPS) is 9.55. The van der Waals surface area contributed by atoms with Crippen molar-refractivity contribution in [1.82, 2.24) is 0 Å². The lowest BCUT2D eigenvalue weighted by atomic mass is 10.2. The largest absolute Gasteiger partial charge is 0.489 e. The minimum atomic E-state index is 0.0741. The monoisotopic (exact) mass is 267 g/mol. The van der Waals surface area contributed by atoms with Crippen LogP contribution in [0.5, 0.6) is 11.5 Å². The van der Waals surface area contributed by atoms with Gasteiger partial charge in [-0.1, -0.05) is 36.3 Å². The first kappa shape index (κ1) is 13.6. The van der Waals surface area contributed by atoms with Crippen molar-refractivity contribution in [3.63, 3.8) is 0 Å². The van der Waals surface area contributed by atoms with Gasteiger partial charge < -0.3 is 9.47 Å². The molecule has 0 aliphatic heterocycles. The Labute approximate surface area is 117 Å². The number of terminal acetylenes is 1. The molecule has 0 saturated heterocycles. The van der Waals surface area contributed by atoms with Crippen LogP contribution in [0.15, 0.2) is 53.7 Å². The SMILES string of the molecule is C#CCOc1cc(OCc2ccccc2)ccc1N=O. The van der Waals surface area contributed by atoms with Crippen LogP contribution in [0.25, 0.3) is 0 Å². The van der Waals surface area contributed by atoms with Crippen LogP contribution < -0.4 is 9.47 Å². The molecule has 2 rings (SSSR count). The van der Waals surface area contributed by atoms with Crippen LogP contribution in [0.4, 0.5) is 5.69 Å². The molecule has 0 bridgehead atoms. The van der Waals surface area contributed by atoms with Gasteiger partial charge in [0.2, 0.25) is 0 Å². The predicted octanol–water partition coefficient (Wildman–Crippen LogP) is 3.68. The van der Waals surface area contributed by atoms with Crippen molar-refractivity contribution in [3.05, 3.63) is 59.0 Å². The highest BCUT2D eigenvalue weighted by molar-refractivity contribution is 5.55. The summed E-state index contributed by atoms with van der Waals surface area (Å²) in [7, 11) is 0. The smallest absolute Gasteiger partial charge is 0.153 e. The van der Waals surface area contributed by atoms with E-state index in [4.69, 9.17) is 15.9 Å². The fraction of sp³-hybridized carbons (Fsp3) is 0.125. The minimum absolute atomic E-state index is 0.0741. The number of ether oxygens (including phenoxy) is 2. The molecular formula is C16H13NO3. The maximum atomic E-state index is 10.7. The van der Waals surface area contributed by atoms with Crippen LogP contribution in [-0.4, -0.2) is 6.61 Å². The summed E-state index contributed by atoms with van der Waals surface area (Å²) in [4.78, 5) is 10.7. The molecule has 0 N–H and O–H groups in total. The Kier molecular flexibility index (Phi) is 4.74. The van der Waals surface area contributed by atoms with Gasteiger partial charge in [-0.15, -0.1) is 11.3 Å². The number of benzene rings is 2. The lowest BCUT2D eigenvalue weighted by Gasteiger charge is -2.09. The van der Waals surface area contributed by atoms with Crippen LogP contribution in [0, 0.1) is 17.3 Å². The molecule has 0 aliphatic rings. The Balaban J connectivity index is 2.08. The Morgan fingerprint density at radius 1 is 1.10 bits per heavy atom. The maximum absolute atomic E-state index is 10.7. The van der Waals surface area contributed by atoms with E-state index < -0.39 is 0 Å². The van der Waals surface area contributed by atoms with Crippen molar-refractivity contribution in [1.29, 1.82) is 0 Å². The fourth-order valence-electron chi connectivity index (χ4n) is 1.64. The Hall–Kier alpha value is -2.80. The molecule has 4 heteroatoms. The number of nitrogens with zero attached hydrogens (tertiary/aromatic N) is 1. The van der Waals surface area contributed by atoms with Crippen LogP contribution in [0.1, 0.15) is 5.56 Å². The number of hydrogen-bond donors (Lipinski definition) is 0. The molecular weight excluding hydrogens is 254 g/mol. The average Bonchev–Trinajstić information content (AvgIpc) is 2.52. The number of rotatable bonds is 6. The van der Waals surface area contributed by atoms with E-state index in [1.165, 1.54) is 0 Å². The Bertz CT molecular complexity index is 617. The second-order valence-corrected chi connectivity index (χ2v) is 3.99. The van der Waals surface area contributed by atoms with Gasteiger partial charge in [0.05, 0.1) is 0 Å². The van der Waals surface area contributed by atoms with Crippen LogP contribution in [0.2, 0.25) is 0 Å². The van der Waals surface area contributed by atoms with E-state index in [1.54, 1.807) is 18.2 Å². The molecule has 0 radical (unpaired) electrons. The van der Waals surface area contributed by atoms with Crippen molar-refractivity contribution in [3.8, 4) is 23.8 Å². The standard InChI is InChI=1S/C16H13NO3/c1-2-10-19-16-11-14(8-9-15(16)17-18)20-12-13-6-4-3-5-7-13/h1,3-9,11H,10,12H2. The molecule has 0 atom stereocenters. The van der Waals surface area contributed by atoms with Crippen molar-refractivity contribution in [2.75, 3.05) is 6.61 Å². The molecule has 0 aromatic heterocycles. The highest BCUT2D eigenvalue weighted by atomic mass is 16.5. The zero-order chi connectivity index (χ0) is 14.2. The third-order valence-corrected chi connectivity index (χ3v) is 2.59. The average molecular weight is 267 g/mol. The Morgan fingerprint density at radius 3 is 2.60 bits per heavy atom. The number of nitroso groups, excluding NO2 is 1. The molecule has 20 heavy (non-hydrogen) atoms. The summed E-state index contributed by atoms with van der Waals surface area (Å²) in [5, 5.41) is 2.88. The lowest BCUT2D eigenvalue weighted by molar-refractivity contribution is 0.302. The van der Waals surface area contributed by atoms with Gasteiger partial charge >= 0.3 is 0 Å². The summed E-state index contributed by atoms with van der Waals surface area (Å²) in [6, 6.07) is 14.6. The van der Waals surface area contributed by atoms with E-state index >= 15 is 0 Å². The van der Waals surface area contributed by atoms with Gasteiger partial charge in [-0.3, -0.25) is 0 Å². The van der Waals surface area contributed by atoms with Gasteiger partial charge in [0.15, 0.2) is 5.75 Å². The molecule has 0 saturated carbocycles. The summed E-state index contributed by atoms with van der Waals surface area (Å²) >= 11 is 0. The molecule has 100 valence electrons. The van der Waals surface area contributed by atoms with E-state index in [0.717, 1.165) is 5.56 Å². The van der Waals surface area contributed by atoms with E-state index in [1.807, 2.05) is 30.3 Å². The first-order valence-corrected chi connectivity index (χ1v) is 6.04. The Morgan fingerprint density at radius 2 is 1.90 bits per heavy atom. The molecule has 4 nitrogen and oxygen atoms in total. The lowest BCUT2D eigenvalue weighted by Crippen LogP contribution is -1.97. The summed E-state index contributed by atoms with van der Waals surface area (Å²) in [6.07, 6.45) is 5.13. The van der Waals surface area contributed by atoms with Crippen molar-refractivity contribution >= 4 is 5.69 Å². The molecule has 0 amide bonds. The first-order valence-electron chi connectivity index (χ1n) is 6.04. The second kappa shape index (κ2) is 6.95. The minimum Gasteiger partial charge on any atom is -0.489 e. The van der Waals surface area contributed by atoms with Gasteiger partial charge in [-0.25, -0.2) is 0 Å². The van der Waals surface area contributed by atoms with Crippen molar-refractivity contribution < 1.29 is 9.47 Å². The van der Waals surface area contributed by atoms with Crippen LogP contribution in [0.3, 0.4) is 0 Å². The molecule has 0 heterocycles. The zero-order valence-corrected chi connectivity index (χ0v) is 10.8. The maximum Gasteiger partial charge on any atom is 0.153 e. The zero-order valence-electron chi connectivity index (χ0n) is 10.8. The molecule has 0 aliphatic carbocycles. The van der Waals surface area contributed by atoms with Gasteiger partial charge in [0, 0.05) is 6.07 Å². The first-order chi connectivity index (χ1) is 9.83.